The van der Waals surface area contributed by atoms with Crippen LogP contribution in [0.4, 0.5) is 4.79 Å². The van der Waals surface area contributed by atoms with Crippen molar-refractivity contribution in [3.63, 3.8) is 0 Å². The molecule has 3 rings (SSSR count). The molecule has 1 N–H and O–H groups in total. The highest BCUT2D eigenvalue weighted by Crippen LogP contribution is 2.30. The monoisotopic (exact) mass is 340 g/mol. The van der Waals surface area contributed by atoms with Crippen molar-refractivity contribution in [1.82, 2.24) is 15.1 Å². The third kappa shape index (κ3) is 3.20. The Bertz CT molecular complexity index is 781. The Balaban J connectivity index is 1.77. The Hall–Kier alpha value is -2.88. The number of likely N-dealkylation sites (N-methyl/N-ethyl adjacent to an activating group) is 1. The van der Waals surface area contributed by atoms with E-state index >= 15 is 0 Å². The molecule has 1 saturated carbocycles. The van der Waals surface area contributed by atoms with Crippen LogP contribution in [-0.2, 0) is 15.1 Å². The van der Waals surface area contributed by atoms with Crippen LogP contribution in [0.1, 0.15) is 30.9 Å². The molecule has 1 aliphatic carbocycles. The summed E-state index contributed by atoms with van der Waals surface area (Å²) in [5.74, 6) is -0.206. The molecule has 1 aliphatic heterocycles. The molecule has 2 aliphatic rings. The number of hydrogen-bond acceptors (Lipinski definition) is 4. The Morgan fingerprint density at radius 3 is 2.80 bits per heavy atom. The standard InChI is InChI=1S/C18H20N4O3/c1-18(14-5-3-4-13(8-14)9-19)16(24)22(17(25)20-18)11-15(23)21(2)10-12-6-7-12/h3-5,8,12H,6-7,10-11H2,1-2H3,(H,20,25)/t18-/m0/s1. The summed E-state index contributed by atoms with van der Waals surface area (Å²) in [6, 6.07) is 7.97. The number of nitriles is 1. The minimum absolute atomic E-state index is 0.259. The number of imide groups is 1. The summed E-state index contributed by atoms with van der Waals surface area (Å²) in [6.45, 7) is 1.97. The second-order valence-corrected chi connectivity index (χ2v) is 6.86. The van der Waals surface area contributed by atoms with Crippen molar-refractivity contribution in [3.05, 3.63) is 35.4 Å². The number of nitrogens with zero attached hydrogens (tertiary/aromatic N) is 3. The molecule has 0 aromatic heterocycles. The Labute approximate surface area is 146 Å². The molecule has 130 valence electrons. The van der Waals surface area contributed by atoms with E-state index in [1.165, 1.54) is 0 Å². The summed E-state index contributed by atoms with van der Waals surface area (Å²) >= 11 is 0. The lowest BCUT2D eigenvalue weighted by molar-refractivity contribution is -0.138. The molecular weight excluding hydrogens is 320 g/mol. The third-order valence-corrected chi connectivity index (χ3v) is 4.79. The van der Waals surface area contributed by atoms with Crippen LogP contribution < -0.4 is 5.32 Å². The number of carbonyl (C=O) groups excluding carboxylic acids is 3. The van der Waals surface area contributed by atoms with E-state index in [1.54, 1.807) is 43.1 Å². The molecular formula is C18H20N4O3. The predicted molar refractivity (Wildman–Crippen MR) is 89.1 cm³/mol. The first-order valence-electron chi connectivity index (χ1n) is 8.24. The van der Waals surface area contributed by atoms with E-state index in [4.69, 9.17) is 5.26 Å². The van der Waals surface area contributed by atoms with E-state index in [0.29, 0.717) is 23.6 Å². The second kappa shape index (κ2) is 6.20. The molecule has 1 heterocycles. The third-order valence-electron chi connectivity index (χ3n) is 4.79. The van der Waals surface area contributed by atoms with Crippen molar-refractivity contribution in [3.8, 4) is 6.07 Å². The van der Waals surface area contributed by atoms with E-state index in [9.17, 15) is 14.4 Å². The van der Waals surface area contributed by atoms with Crippen LogP contribution in [0, 0.1) is 17.2 Å². The number of urea groups is 1. The van der Waals surface area contributed by atoms with Crippen LogP contribution in [0.2, 0.25) is 0 Å². The summed E-state index contributed by atoms with van der Waals surface area (Å²) in [6.07, 6.45) is 2.24. The van der Waals surface area contributed by atoms with E-state index < -0.39 is 17.5 Å². The predicted octanol–water partition coefficient (Wildman–Crippen LogP) is 1.19. The van der Waals surface area contributed by atoms with Gasteiger partial charge in [-0.2, -0.15) is 5.26 Å². The molecule has 1 atom stereocenters. The molecule has 25 heavy (non-hydrogen) atoms. The van der Waals surface area contributed by atoms with Crippen molar-refractivity contribution >= 4 is 17.8 Å². The fourth-order valence-electron chi connectivity index (χ4n) is 2.98. The van der Waals surface area contributed by atoms with Crippen molar-refractivity contribution in [2.24, 2.45) is 5.92 Å². The van der Waals surface area contributed by atoms with Gasteiger partial charge in [-0.1, -0.05) is 12.1 Å². The molecule has 0 spiro atoms. The maximum absolute atomic E-state index is 12.8. The van der Waals surface area contributed by atoms with E-state index in [-0.39, 0.29) is 12.5 Å². The molecule has 0 radical (unpaired) electrons. The van der Waals surface area contributed by atoms with Crippen LogP contribution in [0.5, 0.6) is 0 Å². The zero-order valence-electron chi connectivity index (χ0n) is 14.3. The van der Waals surface area contributed by atoms with Gasteiger partial charge in [0.15, 0.2) is 0 Å². The van der Waals surface area contributed by atoms with Gasteiger partial charge in [0.05, 0.1) is 11.6 Å². The van der Waals surface area contributed by atoms with E-state index in [0.717, 1.165) is 17.7 Å². The SMILES string of the molecule is CN(CC1CC1)C(=O)CN1C(=O)N[C@@](C)(c2cccc(C#N)c2)C1=O. The molecule has 7 heteroatoms. The zero-order valence-corrected chi connectivity index (χ0v) is 14.3. The highest BCUT2D eigenvalue weighted by Gasteiger charge is 2.49. The first-order chi connectivity index (χ1) is 11.8. The van der Waals surface area contributed by atoms with Crippen LogP contribution in [0.3, 0.4) is 0 Å². The molecule has 2 fully saturated rings. The van der Waals surface area contributed by atoms with Crippen LogP contribution >= 0.6 is 0 Å². The fourth-order valence-corrected chi connectivity index (χ4v) is 2.98. The van der Waals surface area contributed by atoms with Gasteiger partial charge in [-0.25, -0.2) is 4.79 Å². The van der Waals surface area contributed by atoms with Crippen LogP contribution in [-0.4, -0.2) is 47.8 Å². The minimum Gasteiger partial charge on any atom is -0.344 e. The van der Waals surface area contributed by atoms with Gasteiger partial charge in [-0.3, -0.25) is 14.5 Å². The summed E-state index contributed by atoms with van der Waals surface area (Å²) in [4.78, 5) is 39.9. The maximum atomic E-state index is 12.8. The number of carbonyl (C=O) groups is 3. The number of amides is 4. The topological polar surface area (TPSA) is 93.5 Å². The van der Waals surface area contributed by atoms with Gasteiger partial charge in [0.2, 0.25) is 5.91 Å². The first-order valence-corrected chi connectivity index (χ1v) is 8.24. The fraction of sp³-hybridized carbons (Fsp3) is 0.444. The largest absolute Gasteiger partial charge is 0.344 e. The Morgan fingerprint density at radius 2 is 2.16 bits per heavy atom. The summed E-state index contributed by atoms with van der Waals surface area (Å²) in [5.41, 5.74) is -0.357. The van der Waals surface area contributed by atoms with Gasteiger partial charge >= 0.3 is 6.03 Å². The molecule has 1 saturated heterocycles. The maximum Gasteiger partial charge on any atom is 0.325 e. The molecule has 0 bridgehead atoms. The number of benzene rings is 1. The number of hydrogen-bond donors (Lipinski definition) is 1. The lowest BCUT2D eigenvalue weighted by atomic mass is 9.91. The molecule has 7 nitrogen and oxygen atoms in total. The Kier molecular flexibility index (Phi) is 4.21. The first kappa shape index (κ1) is 17.0. The Morgan fingerprint density at radius 1 is 1.44 bits per heavy atom. The lowest BCUT2D eigenvalue weighted by Crippen LogP contribution is -2.44. The van der Waals surface area contributed by atoms with Gasteiger partial charge < -0.3 is 10.2 Å². The van der Waals surface area contributed by atoms with Crippen molar-refractivity contribution in [2.45, 2.75) is 25.3 Å². The minimum atomic E-state index is -1.28. The highest BCUT2D eigenvalue weighted by atomic mass is 16.2. The summed E-state index contributed by atoms with van der Waals surface area (Å²) in [7, 11) is 1.69. The van der Waals surface area contributed by atoms with Gasteiger partial charge in [-0.15, -0.1) is 0 Å². The number of nitrogens with one attached hydrogen (secondary N) is 1. The van der Waals surface area contributed by atoms with Gasteiger partial charge in [-0.05, 0) is 43.4 Å². The normalized spacial score (nSPS) is 22.5. The number of rotatable bonds is 5. The van der Waals surface area contributed by atoms with Gasteiger partial charge in [0, 0.05) is 13.6 Å². The summed E-state index contributed by atoms with van der Waals surface area (Å²) in [5, 5.41) is 11.7. The van der Waals surface area contributed by atoms with Crippen LogP contribution in [0.25, 0.3) is 0 Å². The average Bonchev–Trinajstić information content (AvgIpc) is 3.38. The van der Waals surface area contributed by atoms with Crippen molar-refractivity contribution < 1.29 is 14.4 Å². The lowest BCUT2D eigenvalue weighted by Gasteiger charge is -2.23. The van der Waals surface area contributed by atoms with Crippen LogP contribution in [0.15, 0.2) is 24.3 Å². The molecule has 0 unspecified atom stereocenters. The molecule has 4 amide bonds. The molecule has 1 aromatic carbocycles. The van der Waals surface area contributed by atoms with Gasteiger partial charge in [0.25, 0.3) is 5.91 Å². The van der Waals surface area contributed by atoms with E-state index in [2.05, 4.69) is 5.32 Å². The van der Waals surface area contributed by atoms with Crippen molar-refractivity contribution in [1.29, 1.82) is 5.26 Å². The quantitative estimate of drug-likeness (QED) is 0.815. The smallest absolute Gasteiger partial charge is 0.325 e. The molecule has 1 aromatic rings. The van der Waals surface area contributed by atoms with Crippen molar-refractivity contribution in [2.75, 3.05) is 20.1 Å². The zero-order chi connectivity index (χ0) is 18.2. The van der Waals surface area contributed by atoms with Gasteiger partial charge in [0.1, 0.15) is 12.1 Å². The van der Waals surface area contributed by atoms with E-state index in [1.807, 2.05) is 6.07 Å². The highest BCUT2D eigenvalue weighted by molar-refractivity contribution is 6.09. The average molecular weight is 340 g/mol. The summed E-state index contributed by atoms with van der Waals surface area (Å²) < 4.78 is 0. The second-order valence-electron chi connectivity index (χ2n) is 6.86.